The van der Waals surface area contributed by atoms with Crippen molar-refractivity contribution in [2.75, 3.05) is 40.1 Å². The quantitative estimate of drug-likeness (QED) is 0.651. The molecule has 0 aliphatic carbocycles. The zero-order valence-electron chi connectivity index (χ0n) is 21.1. The Kier molecular flexibility index (Phi) is 6.55. The number of carboxylic acids is 1. The van der Waals surface area contributed by atoms with Crippen molar-refractivity contribution in [1.82, 2.24) is 9.80 Å². The molecule has 1 amide bonds. The Labute approximate surface area is 211 Å². The van der Waals surface area contributed by atoms with Crippen molar-refractivity contribution >= 4 is 11.9 Å². The molecule has 0 bridgehead atoms. The van der Waals surface area contributed by atoms with Gasteiger partial charge in [0.25, 0.3) is 0 Å². The van der Waals surface area contributed by atoms with Gasteiger partial charge in [-0.3, -0.25) is 14.5 Å². The Hall–Kier alpha value is -3.26. The van der Waals surface area contributed by atoms with E-state index < -0.39 is 17.9 Å². The van der Waals surface area contributed by atoms with E-state index in [-0.39, 0.29) is 30.6 Å². The number of ether oxygens (including phenoxy) is 3. The average molecular weight is 495 g/mol. The summed E-state index contributed by atoms with van der Waals surface area (Å²) in [5.41, 5.74) is 1.82. The molecule has 2 aromatic rings. The lowest BCUT2D eigenvalue weighted by atomic mass is 9.82. The van der Waals surface area contributed by atoms with Crippen LogP contribution < -0.4 is 14.2 Å². The van der Waals surface area contributed by atoms with Gasteiger partial charge in [0, 0.05) is 31.6 Å². The van der Waals surface area contributed by atoms with Crippen LogP contribution in [0.1, 0.15) is 49.8 Å². The summed E-state index contributed by atoms with van der Waals surface area (Å²) in [6.07, 6.45) is 2.08. The number of hydrogen-bond donors (Lipinski definition) is 1. The number of benzene rings is 2. The minimum absolute atomic E-state index is 0.0526. The highest BCUT2D eigenvalue weighted by Gasteiger charge is 2.48. The first kappa shape index (κ1) is 24.4. The molecular weight excluding hydrogens is 460 g/mol. The number of amides is 1. The van der Waals surface area contributed by atoms with Crippen molar-refractivity contribution in [1.29, 1.82) is 0 Å². The molecule has 0 spiro atoms. The third kappa shape index (κ3) is 4.74. The second-order valence-electron chi connectivity index (χ2n) is 10.8. The third-order valence-corrected chi connectivity index (χ3v) is 7.76. The fourth-order valence-corrected chi connectivity index (χ4v) is 5.98. The van der Waals surface area contributed by atoms with E-state index in [0.29, 0.717) is 23.8 Å². The van der Waals surface area contributed by atoms with Crippen molar-refractivity contribution in [2.24, 2.45) is 11.3 Å². The molecule has 2 saturated heterocycles. The maximum atomic E-state index is 13.5. The van der Waals surface area contributed by atoms with Crippen LogP contribution in [0.2, 0.25) is 0 Å². The molecule has 8 heteroatoms. The summed E-state index contributed by atoms with van der Waals surface area (Å²) in [5, 5.41) is 10.4. The maximum Gasteiger partial charge on any atom is 0.309 e. The first-order valence-corrected chi connectivity index (χ1v) is 12.5. The minimum Gasteiger partial charge on any atom is -0.497 e. The summed E-state index contributed by atoms with van der Waals surface area (Å²) >= 11 is 0. The van der Waals surface area contributed by atoms with Crippen LogP contribution in [0.15, 0.2) is 42.5 Å². The van der Waals surface area contributed by atoms with Crippen molar-refractivity contribution < 1.29 is 28.9 Å². The number of carbonyl (C=O) groups excluding carboxylic acids is 1. The van der Waals surface area contributed by atoms with Crippen molar-refractivity contribution in [2.45, 2.75) is 38.6 Å². The van der Waals surface area contributed by atoms with E-state index in [1.165, 1.54) is 0 Å². The fourth-order valence-electron chi connectivity index (χ4n) is 5.98. The van der Waals surface area contributed by atoms with E-state index in [2.05, 4.69) is 13.8 Å². The van der Waals surface area contributed by atoms with Gasteiger partial charge >= 0.3 is 5.97 Å². The predicted octanol–water partition coefficient (Wildman–Crippen LogP) is 3.91. The van der Waals surface area contributed by atoms with Gasteiger partial charge in [0.2, 0.25) is 12.7 Å². The van der Waals surface area contributed by atoms with Crippen LogP contribution >= 0.6 is 0 Å². The van der Waals surface area contributed by atoms with E-state index in [9.17, 15) is 14.7 Å². The van der Waals surface area contributed by atoms with Gasteiger partial charge in [0.05, 0.1) is 19.6 Å². The van der Waals surface area contributed by atoms with Gasteiger partial charge in [0.15, 0.2) is 11.5 Å². The number of aliphatic carboxylic acids is 1. The molecule has 8 nitrogen and oxygen atoms in total. The van der Waals surface area contributed by atoms with Gasteiger partial charge in [0.1, 0.15) is 5.75 Å². The van der Waals surface area contributed by atoms with Crippen LogP contribution in [0, 0.1) is 11.3 Å². The van der Waals surface area contributed by atoms with E-state index >= 15 is 0 Å². The van der Waals surface area contributed by atoms with Gasteiger partial charge in [-0.2, -0.15) is 0 Å². The third-order valence-electron chi connectivity index (χ3n) is 7.76. The Balaban J connectivity index is 1.48. The highest BCUT2D eigenvalue weighted by atomic mass is 16.7. The molecule has 3 aliphatic heterocycles. The minimum atomic E-state index is -0.882. The first-order valence-electron chi connectivity index (χ1n) is 12.5. The summed E-state index contributed by atoms with van der Waals surface area (Å²) in [7, 11) is 1.60. The van der Waals surface area contributed by atoms with Gasteiger partial charge < -0.3 is 24.2 Å². The largest absolute Gasteiger partial charge is 0.497 e. The molecule has 0 radical (unpaired) electrons. The topological polar surface area (TPSA) is 88.5 Å². The second kappa shape index (κ2) is 9.65. The van der Waals surface area contributed by atoms with Crippen LogP contribution in [-0.4, -0.2) is 66.9 Å². The van der Waals surface area contributed by atoms with Crippen LogP contribution in [0.5, 0.6) is 17.2 Å². The molecular formula is C28H34N2O6. The zero-order chi connectivity index (χ0) is 25.4. The number of rotatable bonds is 6. The molecule has 0 aromatic heterocycles. The normalized spacial score (nSPS) is 25.1. The standard InChI is InChI=1S/C28H34N2O6/c1-28(2)11-4-12-29(16-28)24(31)15-30-14-21(19-7-10-22-23(13-19)36-17-35-22)25(27(32)33)26(30)18-5-8-20(34-3)9-6-18/h5-10,13,21,25-26H,4,11-12,14-17H2,1-3H3,(H,32,33). The zero-order valence-corrected chi connectivity index (χ0v) is 21.1. The van der Waals surface area contributed by atoms with Crippen LogP contribution in [-0.2, 0) is 9.59 Å². The van der Waals surface area contributed by atoms with E-state index in [4.69, 9.17) is 14.2 Å². The Bertz CT molecular complexity index is 1130. The van der Waals surface area contributed by atoms with Gasteiger partial charge in [-0.15, -0.1) is 0 Å². The Morgan fingerprint density at radius 1 is 1.08 bits per heavy atom. The molecule has 3 unspecified atom stereocenters. The molecule has 1 N–H and O–H groups in total. The molecule has 2 fully saturated rings. The molecule has 0 saturated carbocycles. The number of piperidine rings is 1. The second-order valence-corrected chi connectivity index (χ2v) is 10.8. The average Bonchev–Trinajstić information content (AvgIpc) is 3.47. The van der Waals surface area contributed by atoms with Crippen molar-refractivity contribution in [3.05, 3.63) is 53.6 Å². The number of methoxy groups -OCH3 is 1. The van der Waals surface area contributed by atoms with Gasteiger partial charge in [-0.25, -0.2) is 0 Å². The molecule has 36 heavy (non-hydrogen) atoms. The number of carboxylic acid groups (broad SMARTS) is 1. The van der Waals surface area contributed by atoms with Crippen LogP contribution in [0.4, 0.5) is 0 Å². The lowest BCUT2D eigenvalue weighted by molar-refractivity contribution is -0.144. The summed E-state index contributed by atoms with van der Waals surface area (Å²) in [5.74, 6) is 0.121. The molecule has 5 rings (SSSR count). The van der Waals surface area contributed by atoms with Crippen molar-refractivity contribution in [3.8, 4) is 17.2 Å². The summed E-state index contributed by atoms with van der Waals surface area (Å²) in [4.78, 5) is 30.2. The summed E-state index contributed by atoms with van der Waals surface area (Å²) in [6.45, 7) is 6.65. The number of nitrogens with zero attached hydrogens (tertiary/aromatic N) is 2. The molecule has 3 heterocycles. The van der Waals surface area contributed by atoms with E-state index in [1.54, 1.807) is 7.11 Å². The molecule has 2 aromatic carbocycles. The van der Waals surface area contributed by atoms with Gasteiger partial charge in [-0.1, -0.05) is 32.0 Å². The highest BCUT2D eigenvalue weighted by molar-refractivity contribution is 5.79. The first-order chi connectivity index (χ1) is 17.3. The SMILES string of the molecule is COc1ccc(C2C(C(=O)O)C(c3ccc4c(c3)OCO4)CN2CC(=O)N2CCCC(C)(C)C2)cc1. The maximum absolute atomic E-state index is 13.5. The molecule has 192 valence electrons. The van der Waals surface area contributed by atoms with Crippen LogP contribution in [0.25, 0.3) is 0 Å². The number of hydrogen-bond acceptors (Lipinski definition) is 6. The van der Waals surface area contributed by atoms with E-state index in [1.807, 2.05) is 52.3 Å². The number of fused-ring (bicyclic) bond motifs is 1. The summed E-state index contributed by atoms with van der Waals surface area (Å²) < 4.78 is 16.3. The molecule has 3 aliphatic rings. The number of carbonyl (C=O) groups is 2. The Morgan fingerprint density at radius 2 is 1.81 bits per heavy atom. The predicted molar refractivity (Wildman–Crippen MR) is 133 cm³/mol. The van der Waals surface area contributed by atoms with Gasteiger partial charge in [-0.05, 0) is 53.6 Å². The van der Waals surface area contributed by atoms with E-state index in [0.717, 1.165) is 37.1 Å². The lowest BCUT2D eigenvalue weighted by Crippen LogP contribution is -2.47. The summed E-state index contributed by atoms with van der Waals surface area (Å²) in [6, 6.07) is 12.7. The molecule has 3 atom stereocenters. The number of likely N-dealkylation sites (tertiary alicyclic amines) is 2. The highest BCUT2D eigenvalue weighted by Crippen LogP contribution is 2.48. The fraction of sp³-hybridized carbons (Fsp3) is 0.500. The smallest absolute Gasteiger partial charge is 0.309 e. The van der Waals surface area contributed by atoms with Crippen molar-refractivity contribution in [3.63, 3.8) is 0 Å². The Morgan fingerprint density at radius 3 is 2.50 bits per heavy atom. The monoisotopic (exact) mass is 494 g/mol. The van der Waals surface area contributed by atoms with Crippen LogP contribution in [0.3, 0.4) is 0 Å². The lowest BCUT2D eigenvalue weighted by Gasteiger charge is -2.39.